The summed E-state index contributed by atoms with van der Waals surface area (Å²) in [5, 5.41) is 5.68. The van der Waals surface area contributed by atoms with Crippen LogP contribution in [0.4, 0.5) is 5.69 Å². The summed E-state index contributed by atoms with van der Waals surface area (Å²) in [4.78, 5) is 24.9. The normalized spacial score (nSPS) is 11.6. The molecule has 5 heteroatoms. The van der Waals surface area contributed by atoms with Crippen LogP contribution in [0.1, 0.15) is 48.2 Å². The van der Waals surface area contributed by atoms with Gasteiger partial charge in [-0.15, -0.1) is 0 Å². The van der Waals surface area contributed by atoms with Crippen LogP contribution in [-0.2, 0) is 4.79 Å². The number of nitrogens with one attached hydrogen (secondary N) is 2. The lowest BCUT2D eigenvalue weighted by Gasteiger charge is -2.17. The molecule has 2 N–H and O–H groups in total. The van der Waals surface area contributed by atoms with Crippen molar-refractivity contribution in [3.8, 4) is 5.75 Å². The van der Waals surface area contributed by atoms with Crippen LogP contribution >= 0.6 is 0 Å². The standard InChI is InChI=1S/C22H28N2O3/c1-5-6-11-23-22(26)19-9-7-8-10-20(19)24-21(25)17(4)27-18-13-15(2)12-16(3)14-18/h7-10,12-14,17H,5-6,11H2,1-4H3,(H,23,26)(H,24,25)/t17-/m1/s1. The summed E-state index contributed by atoms with van der Waals surface area (Å²) in [6, 6.07) is 12.8. The van der Waals surface area contributed by atoms with Gasteiger partial charge in [-0.05, 0) is 62.6 Å². The number of anilines is 1. The SMILES string of the molecule is CCCCNC(=O)c1ccccc1NC(=O)[C@@H](C)Oc1cc(C)cc(C)c1. The minimum atomic E-state index is -0.692. The fraction of sp³-hybridized carbons (Fsp3) is 0.364. The van der Waals surface area contributed by atoms with Gasteiger partial charge in [0.05, 0.1) is 11.3 Å². The molecule has 2 rings (SSSR count). The second-order valence-electron chi connectivity index (χ2n) is 6.73. The molecule has 144 valence electrons. The Bertz CT molecular complexity index is 782. The van der Waals surface area contributed by atoms with E-state index in [1.54, 1.807) is 31.2 Å². The van der Waals surface area contributed by atoms with Crippen molar-refractivity contribution < 1.29 is 14.3 Å². The number of rotatable bonds is 8. The molecule has 0 aliphatic carbocycles. The Labute approximate surface area is 161 Å². The summed E-state index contributed by atoms with van der Waals surface area (Å²) in [5.41, 5.74) is 3.08. The number of carbonyl (C=O) groups excluding carboxylic acids is 2. The predicted molar refractivity (Wildman–Crippen MR) is 108 cm³/mol. The molecule has 0 heterocycles. The van der Waals surface area contributed by atoms with Crippen molar-refractivity contribution in [3.05, 3.63) is 59.2 Å². The zero-order valence-electron chi connectivity index (χ0n) is 16.5. The van der Waals surface area contributed by atoms with E-state index in [0.29, 0.717) is 23.5 Å². The van der Waals surface area contributed by atoms with Gasteiger partial charge in [0, 0.05) is 6.54 Å². The molecule has 2 aromatic rings. The van der Waals surface area contributed by atoms with E-state index in [1.807, 2.05) is 32.0 Å². The van der Waals surface area contributed by atoms with E-state index in [9.17, 15) is 9.59 Å². The number of ether oxygens (including phenoxy) is 1. The minimum Gasteiger partial charge on any atom is -0.481 e. The second kappa shape index (κ2) is 9.76. The molecule has 0 spiro atoms. The summed E-state index contributed by atoms with van der Waals surface area (Å²) in [7, 11) is 0. The number of carbonyl (C=O) groups is 2. The molecule has 0 saturated heterocycles. The van der Waals surface area contributed by atoms with Crippen LogP contribution in [0.3, 0.4) is 0 Å². The number of benzene rings is 2. The molecule has 0 aliphatic heterocycles. The zero-order chi connectivity index (χ0) is 19.8. The number of hydrogen-bond donors (Lipinski definition) is 2. The van der Waals surface area contributed by atoms with E-state index in [1.165, 1.54) is 0 Å². The van der Waals surface area contributed by atoms with Crippen molar-refractivity contribution in [2.45, 2.75) is 46.6 Å². The fourth-order valence-electron chi connectivity index (χ4n) is 2.76. The average Bonchev–Trinajstić information content (AvgIpc) is 2.61. The van der Waals surface area contributed by atoms with Crippen LogP contribution < -0.4 is 15.4 Å². The van der Waals surface area contributed by atoms with Crippen LogP contribution in [0, 0.1) is 13.8 Å². The van der Waals surface area contributed by atoms with Gasteiger partial charge in [0.25, 0.3) is 11.8 Å². The van der Waals surface area contributed by atoms with Crippen LogP contribution in [0.15, 0.2) is 42.5 Å². The molecule has 2 aromatic carbocycles. The van der Waals surface area contributed by atoms with Gasteiger partial charge in [0.1, 0.15) is 5.75 Å². The summed E-state index contributed by atoms with van der Waals surface area (Å²) in [5.74, 6) is 0.158. The predicted octanol–water partition coefficient (Wildman–Crippen LogP) is 4.24. The highest BCUT2D eigenvalue weighted by Gasteiger charge is 2.18. The van der Waals surface area contributed by atoms with Gasteiger partial charge in [-0.1, -0.05) is 31.5 Å². The quantitative estimate of drug-likeness (QED) is 0.685. The Hall–Kier alpha value is -2.82. The number of amides is 2. The number of aryl methyl sites for hydroxylation is 2. The molecule has 2 amide bonds. The number of para-hydroxylation sites is 1. The van der Waals surface area contributed by atoms with E-state index >= 15 is 0 Å². The molecule has 0 bridgehead atoms. The van der Waals surface area contributed by atoms with E-state index in [4.69, 9.17) is 4.74 Å². The maximum atomic E-state index is 12.6. The molecule has 1 atom stereocenters. The Morgan fingerprint density at radius 1 is 1.07 bits per heavy atom. The average molecular weight is 368 g/mol. The largest absolute Gasteiger partial charge is 0.481 e. The minimum absolute atomic E-state index is 0.192. The molecule has 0 aromatic heterocycles. The van der Waals surface area contributed by atoms with Crippen molar-refractivity contribution in [1.82, 2.24) is 5.32 Å². The summed E-state index contributed by atoms with van der Waals surface area (Å²) < 4.78 is 5.78. The lowest BCUT2D eigenvalue weighted by molar-refractivity contribution is -0.122. The van der Waals surface area contributed by atoms with Gasteiger partial charge in [0.2, 0.25) is 0 Å². The van der Waals surface area contributed by atoms with Gasteiger partial charge in [-0.2, -0.15) is 0 Å². The summed E-state index contributed by atoms with van der Waals surface area (Å²) in [6.45, 7) is 8.34. The lowest BCUT2D eigenvalue weighted by atomic mass is 10.1. The Morgan fingerprint density at radius 2 is 1.74 bits per heavy atom. The van der Waals surface area contributed by atoms with Gasteiger partial charge >= 0.3 is 0 Å². The highest BCUT2D eigenvalue weighted by molar-refractivity contribution is 6.04. The second-order valence-corrected chi connectivity index (χ2v) is 6.73. The molecule has 0 saturated carbocycles. The highest BCUT2D eigenvalue weighted by atomic mass is 16.5. The highest BCUT2D eigenvalue weighted by Crippen LogP contribution is 2.19. The van der Waals surface area contributed by atoms with Gasteiger partial charge < -0.3 is 15.4 Å². The Morgan fingerprint density at radius 3 is 2.41 bits per heavy atom. The first-order chi connectivity index (χ1) is 12.9. The number of hydrogen-bond acceptors (Lipinski definition) is 3. The van der Waals surface area contributed by atoms with E-state index < -0.39 is 6.10 Å². The maximum absolute atomic E-state index is 12.6. The van der Waals surface area contributed by atoms with Gasteiger partial charge in [-0.3, -0.25) is 9.59 Å². The topological polar surface area (TPSA) is 67.4 Å². The van der Waals surface area contributed by atoms with E-state index in [-0.39, 0.29) is 11.8 Å². The van der Waals surface area contributed by atoms with Crippen molar-refractivity contribution >= 4 is 17.5 Å². The molecular weight excluding hydrogens is 340 g/mol. The smallest absolute Gasteiger partial charge is 0.265 e. The fourth-order valence-corrected chi connectivity index (χ4v) is 2.76. The van der Waals surface area contributed by atoms with Crippen molar-refractivity contribution in [3.63, 3.8) is 0 Å². The molecule has 0 radical (unpaired) electrons. The molecule has 27 heavy (non-hydrogen) atoms. The van der Waals surface area contributed by atoms with E-state index in [0.717, 1.165) is 24.0 Å². The van der Waals surface area contributed by atoms with Crippen LogP contribution in [0.2, 0.25) is 0 Å². The van der Waals surface area contributed by atoms with Gasteiger partial charge in [0.15, 0.2) is 6.10 Å². The Kier molecular flexibility index (Phi) is 7.41. The van der Waals surface area contributed by atoms with Crippen molar-refractivity contribution in [1.29, 1.82) is 0 Å². The zero-order valence-corrected chi connectivity index (χ0v) is 16.5. The molecular formula is C22H28N2O3. The first-order valence-corrected chi connectivity index (χ1v) is 9.33. The summed E-state index contributed by atoms with van der Waals surface area (Å²) >= 11 is 0. The molecule has 0 fully saturated rings. The Balaban J connectivity index is 2.05. The first-order valence-electron chi connectivity index (χ1n) is 9.33. The monoisotopic (exact) mass is 368 g/mol. The van der Waals surface area contributed by atoms with Crippen LogP contribution in [-0.4, -0.2) is 24.5 Å². The van der Waals surface area contributed by atoms with Crippen LogP contribution in [0.5, 0.6) is 5.75 Å². The van der Waals surface area contributed by atoms with E-state index in [2.05, 4.69) is 17.6 Å². The van der Waals surface area contributed by atoms with Crippen molar-refractivity contribution in [2.24, 2.45) is 0 Å². The first kappa shape index (κ1) is 20.5. The van der Waals surface area contributed by atoms with Crippen LogP contribution in [0.25, 0.3) is 0 Å². The molecule has 0 aliphatic rings. The lowest BCUT2D eigenvalue weighted by Crippen LogP contribution is -2.32. The molecule has 0 unspecified atom stereocenters. The maximum Gasteiger partial charge on any atom is 0.265 e. The number of unbranched alkanes of at least 4 members (excludes halogenated alkanes) is 1. The molecule has 5 nitrogen and oxygen atoms in total. The summed E-state index contributed by atoms with van der Waals surface area (Å²) in [6.07, 6.45) is 1.23. The third-order valence-electron chi connectivity index (χ3n) is 4.12. The third kappa shape index (κ3) is 6.13. The third-order valence-corrected chi connectivity index (χ3v) is 4.12. The van der Waals surface area contributed by atoms with Gasteiger partial charge in [-0.25, -0.2) is 0 Å². The van der Waals surface area contributed by atoms with Crippen molar-refractivity contribution in [2.75, 3.05) is 11.9 Å².